The van der Waals surface area contributed by atoms with E-state index in [2.05, 4.69) is 15.3 Å². The van der Waals surface area contributed by atoms with E-state index in [0.717, 1.165) is 16.0 Å². The third-order valence-electron chi connectivity index (χ3n) is 5.16. The summed E-state index contributed by atoms with van der Waals surface area (Å²) in [5.41, 5.74) is 0.774. The molecule has 1 amide bonds. The molecule has 9 nitrogen and oxygen atoms in total. The highest BCUT2D eigenvalue weighted by Gasteiger charge is 2.34. The van der Waals surface area contributed by atoms with Crippen molar-refractivity contribution < 1.29 is 17.9 Å². The topological polar surface area (TPSA) is 106 Å². The average Bonchev–Trinajstić information content (AvgIpc) is 3.40. The van der Waals surface area contributed by atoms with Crippen molar-refractivity contribution in [3.8, 4) is 5.75 Å². The monoisotopic (exact) mass is 449 g/mol. The number of benzene rings is 1. The van der Waals surface area contributed by atoms with Crippen molar-refractivity contribution in [3.63, 3.8) is 0 Å². The maximum Gasteiger partial charge on any atom is 0.262 e. The molecule has 1 fully saturated rings. The summed E-state index contributed by atoms with van der Waals surface area (Å²) in [7, 11) is -2.13. The van der Waals surface area contributed by atoms with E-state index in [-0.39, 0.29) is 17.5 Å². The lowest BCUT2D eigenvalue weighted by Crippen LogP contribution is -2.43. The fourth-order valence-electron chi connectivity index (χ4n) is 3.45. The Morgan fingerprint density at radius 2 is 2.23 bits per heavy atom. The van der Waals surface area contributed by atoms with Gasteiger partial charge in [-0.2, -0.15) is 4.31 Å². The van der Waals surface area contributed by atoms with Crippen molar-refractivity contribution in [1.29, 1.82) is 0 Å². The zero-order chi connectivity index (χ0) is 21.3. The molecule has 11 heteroatoms. The lowest BCUT2D eigenvalue weighted by molar-refractivity contribution is -0.120. The number of sulfonamides is 1. The van der Waals surface area contributed by atoms with Crippen LogP contribution < -0.4 is 10.1 Å². The highest BCUT2D eigenvalue weighted by Crippen LogP contribution is 2.30. The van der Waals surface area contributed by atoms with Crippen LogP contribution in [0.25, 0.3) is 10.2 Å². The number of aryl methyl sites for hydroxylation is 1. The number of piperidine rings is 1. The van der Waals surface area contributed by atoms with E-state index in [1.807, 2.05) is 25.1 Å². The fourth-order valence-corrected chi connectivity index (χ4v) is 5.80. The minimum absolute atomic E-state index is 0.0190. The van der Waals surface area contributed by atoms with Crippen molar-refractivity contribution in [3.05, 3.63) is 30.7 Å². The molecule has 0 saturated carbocycles. The number of carbonyl (C=O) groups is 1. The summed E-state index contributed by atoms with van der Waals surface area (Å²) in [5.74, 6) is 0.0611. The normalized spacial score (nSPS) is 17.9. The minimum Gasteiger partial charge on any atom is -0.497 e. The van der Waals surface area contributed by atoms with Crippen molar-refractivity contribution >= 4 is 42.6 Å². The van der Waals surface area contributed by atoms with Gasteiger partial charge in [-0.25, -0.2) is 18.4 Å². The van der Waals surface area contributed by atoms with Crippen LogP contribution in [0.4, 0.5) is 5.13 Å². The molecule has 0 unspecified atom stereocenters. The summed E-state index contributed by atoms with van der Waals surface area (Å²) in [4.78, 5) is 21.3. The first kappa shape index (κ1) is 20.8. The third-order valence-corrected chi connectivity index (χ3v) is 7.84. The number of hydrogen-bond donors (Lipinski definition) is 1. The van der Waals surface area contributed by atoms with Gasteiger partial charge in [-0.3, -0.25) is 4.79 Å². The van der Waals surface area contributed by atoms with Crippen LogP contribution in [0.3, 0.4) is 0 Å². The van der Waals surface area contributed by atoms with E-state index in [0.29, 0.717) is 31.1 Å². The first-order valence-electron chi connectivity index (χ1n) is 9.68. The number of hydrogen-bond acceptors (Lipinski definition) is 7. The number of aromatic nitrogens is 3. The van der Waals surface area contributed by atoms with E-state index in [4.69, 9.17) is 4.74 Å². The van der Waals surface area contributed by atoms with Gasteiger partial charge < -0.3 is 14.6 Å². The van der Waals surface area contributed by atoms with E-state index in [9.17, 15) is 13.2 Å². The summed E-state index contributed by atoms with van der Waals surface area (Å²) in [6.07, 6.45) is 4.26. The molecule has 30 heavy (non-hydrogen) atoms. The molecule has 1 aromatic carbocycles. The van der Waals surface area contributed by atoms with Crippen molar-refractivity contribution in [1.82, 2.24) is 18.8 Å². The Morgan fingerprint density at radius 3 is 2.97 bits per heavy atom. The van der Waals surface area contributed by atoms with E-state index in [1.165, 1.54) is 28.2 Å². The maximum absolute atomic E-state index is 12.9. The van der Waals surface area contributed by atoms with Crippen molar-refractivity contribution in [2.75, 3.05) is 25.5 Å². The summed E-state index contributed by atoms with van der Waals surface area (Å²) in [5, 5.41) is 3.36. The summed E-state index contributed by atoms with van der Waals surface area (Å²) in [6, 6.07) is 5.52. The van der Waals surface area contributed by atoms with Gasteiger partial charge >= 0.3 is 0 Å². The summed E-state index contributed by atoms with van der Waals surface area (Å²) < 4.78 is 35.0. The van der Waals surface area contributed by atoms with Gasteiger partial charge in [0, 0.05) is 25.8 Å². The zero-order valence-electron chi connectivity index (χ0n) is 16.7. The highest BCUT2D eigenvalue weighted by molar-refractivity contribution is 7.89. The minimum atomic E-state index is -3.72. The molecule has 1 atom stereocenters. The van der Waals surface area contributed by atoms with Crippen LogP contribution in [-0.2, 0) is 21.4 Å². The fraction of sp³-hybridized carbons (Fsp3) is 0.421. The summed E-state index contributed by atoms with van der Waals surface area (Å²) in [6.45, 7) is 3.07. The Labute approximate surface area is 178 Å². The van der Waals surface area contributed by atoms with Gasteiger partial charge in [0.2, 0.25) is 5.91 Å². The van der Waals surface area contributed by atoms with Crippen LogP contribution in [0.15, 0.2) is 35.7 Å². The lowest BCUT2D eigenvalue weighted by Gasteiger charge is -2.30. The second-order valence-electron chi connectivity index (χ2n) is 7.09. The molecular formula is C19H23N5O4S2. The largest absolute Gasteiger partial charge is 0.497 e. The average molecular weight is 450 g/mol. The van der Waals surface area contributed by atoms with Crippen LogP contribution in [0, 0.1) is 5.92 Å². The second kappa shape index (κ2) is 8.32. The number of nitrogens with one attached hydrogen (secondary N) is 1. The number of fused-ring (bicyclic) bond motifs is 1. The Bertz CT molecular complexity index is 1170. The number of thiazole rings is 1. The number of ether oxygens (including phenoxy) is 1. The molecule has 3 heterocycles. The van der Waals surface area contributed by atoms with Crippen LogP contribution in [0.1, 0.15) is 19.8 Å². The van der Waals surface area contributed by atoms with Gasteiger partial charge in [0.25, 0.3) is 10.0 Å². The highest BCUT2D eigenvalue weighted by atomic mass is 32.2. The molecule has 1 aliphatic heterocycles. The molecule has 160 valence electrons. The molecule has 4 rings (SSSR count). The molecule has 0 aliphatic carbocycles. The van der Waals surface area contributed by atoms with E-state index < -0.39 is 15.9 Å². The molecule has 0 spiro atoms. The lowest BCUT2D eigenvalue weighted by atomic mass is 9.99. The molecule has 1 aliphatic rings. The number of anilines is 1. The van der Waals surface area contributed by atoms with Crippen LogP contribution in [-0.4, -0.2) is 53.4 Å². The quantitative estimate of drug-likeness (QED) is 0.620. The van der Waals surface area contributed by atoms with E-state index >= 15 is 0 Å². The smallest absolute Gasteiger partial charge is 0.262 e. The Morgan fingerprint density at radius 1 is 1.40 bits per heavy atom. The SMILES string of the molecule is CCn1cnc(S(=O)(=O)N2CCC[C@H](C(=O)Nc3nc4ccc(OC)cc4s3)C2)c1. The molecule has 2 aromatic heterocycles. The van der Waals surface area contributed by atoms with Crippen LogP contribution in [0.5, 0.6) is 5.75 Å². The number of carbonyl (C=O) groups excluding carboxylic acids is 1. The first-order chi connectivity index (χ1) is 14.4. The van der Waals surface area contributed by atoms with Gasteiger partial charge in [0.15, 0.2) is 10.2 Å². The zero-order valence-corrected chi connectivity index (χ0v) is 18.4. The Kier molecular flexibility index (Phi) is 5.76. The molecule has 1 saturated heterocycles. The number of rotatable bonds is 6. The van der Waals surface area contributed by atoms with Gasteiger partial charge in [0.1, 0.15) is 5.75 Å². The second-order valence-corrected chi connectivity index (χ2v) is 10.0. The Balaban J connectivity index is 1.47. The van der Waals surface area contributed by atoms with Crippen molar-refractivity contribution in [2.45, 2.75) is 31.3 Å². The predicted molar refractivity (Wildman–Crippen MR) is 114 cm³/mol. The van der Waals surface area contributed by atoms with Gasteiger partial charge in [-0.15, -0.1) is 0 Å². The molecule has 3 aromatic rings. The van der Waals surface area contributed by atoms with Gasteiger partial charge in [0.05, 0.1) is 29.6 Å². The standard InChI is InChI=1S/C19H23N5O4S2/c1-3-23-11-17(20-12-23)30(26,27)24-8-4-5-13(10-24)18(25)22-19-21-15-7-6-14(28-2)9-16(15)29-19/h6-7,9,11-13H,3-5,8,10H2,1-2H3,(H,21,22,25)/t13-/m0/s1. The first-order valence-corrected chi connectivity index (χ1v) is 11.9. The third kappa shape index (κ3) is 4.05. The van der Waals surface area contributed by atoms with Crippen LogP contribution in [0.2, 0.25) is 0 Å². The predicted octanol–water partition coefficient (Wildman–Crippen LogP) is 2.56. The van der Waals surface area contributed by atoms with Crippen molar-refractivity contribution in [2.24, 2.45) is 5.92 Å². The number of nitrogens with zero attached hydrogens (tertiary/aromatic N) is 4. The molecule has 0 radical (unpaired) electrons. The number of imidazole rings is 1. The van der Waals surface area contributed by atoms with Crippen LogP contribution >= 0.6 is 11.3 Å². The number of methoxy groups -OCH3 is 1. The molecule has 1 N–H and O–H groups in total. The molecule has 0 bridgehead atoms. The number of amides is 1. The van der Waals surface area contributed by atoms with Gasteiger partial charge in [-0.1, -0.05) is 11.3 Å². The summed E-state index contributed by atoms with van der Waals surface area (Å²) >= 11 is 1.36. The molecular weight excluding hydrogens is 426 g/mol. The maximum atomic E-state index is 12.9. The Hall–Kier alpha value is -2.50. The van der Waals surface area contributed by atoms with Gasteiger partial charge in [-0.05, 0) is 38.0 Å². The van der Waals surface area contributed by atoms with E-state index in [1.54, 1.807) is 11.7 Å².